The summed E-state index contributed by atoms with van der Waals surface area (Å²) >= 11 is 0. The van der Waals surface area contributed by atoms with E-state index in [0.29, 0.717) is 36.2 Å². The van der Waals surface area contributed by atoms with Crippen molar-refractivity contribution in [3.63, 3.8) is 0 Å². The van der Waals surface area contributed by atoms with Gasteiger partial charge < -0.3 is 18.8 Å². The number of hydrogen-bond acceptors (Lipinski definition) is 6. The van der Waals surface area contributed by atoms with Crippen molar-refractivity contribution in [1.82, 2.24) is 4.57 Å². The summed E-state index contributed by atoms with van der Waals surface area (Å²) in [6.07, 6.45) is 0.346. The number of ether oxygens (including phenoxy) is 3. The van der Waals surface area contributed by atoms with Gasteiger partial charge in [-0.05, 0) is 45.7 Å². The Bertz CT molecular complexity index is 1250. The molecular weight excluding hydrogens is 455 g/mol. The van der Waals surface area contributed by atoms with Crippen LogP contribution in [0.4, 0.5) is 10.1 Å². The predicted molar refractivity (Wildman–Crippen MR) is 127 cm³/mol. The Hall–Kier alpha value is -3.30. The van der Waals surface area contributed by atoms with Crippen LogP contribution in [0.2, 0.25) is 0 Å². The molecular formula is C26H29FN2O6. The van der Waals surface area contributed by atoms with Gasteiger partial charge in [0, 0.05) is 29.8 Å². The van der Waals surface area contributed by atoms with Crippen LogP contribution in [0.5, 0.6) is 0 Å². The minimum absolute atomic E-state index is 0.112. The van der Waals surface area contributed by atoms with Gasteiger partial charge in [0.15, 0.2) is 5.79 Å². The van der Waals surface area contributed by atoms with Crippen LogP contribution < -0.4 is 0 Å². The smallest absolute Gasteiger partial charge is 0.317 e. The van der Waals surface area contributed by atoms with Gasteiger partial charge in [0.2, 0.25) is 5.82 Å². The summed E-state index contributed by atoms with van der Waals surface area (Å²) in [5.74, 6) is -2.18. The van der Waals surface area contributed by atoms with Crippen LogP contribution in [0.15, 0.2) is 48.5 Å². The quantitative estimate of drug-likeness (QED) is 0.258. The minimum atomic E-state index is -1.13. The van der Waals surface area contributed by atoms with Gasteiger partial charge in [0.25, 0.3) is 0 Å². The second kappa shape index (κ2) is 9.39. The van der Waals surface area contributed by atoms with E-state index in [2.05, 4.69) is 0 Å². The molecule has 2 heterocycles. The van der Waals surface area contributed by atoms with Crippen molar-refractivity contribution < 1.29 is 28.3 Å². The molecule has 1 aliphatic heterocycles. The molecule has 4 rings (SSSR count). The summed E-state index contributed by atoms with van der Waals surface area (Å²) < 4.78 is 33.7. The van der Waals surface area contributed by atoms with Crippen molar-refractivity contribution in [2.75, 3.05) is 6.61 Å². The maximum atomic E-state index is 14.6. The average Bonchev–Trinajstić information content (AvgIpc) is 3.14. The molecule has 0 aliphatic carbocycles. The number of hydrogen-bond donors (Lipinski definition) is 0. The van der Waals surface area contributed by atoms with E-state index in [-0.39, 0.29) is 12.7 Å². The van der Waals surface area contributed by atoms with Crippen LogP contribution >= 0.6 is 0 Å². The summed E-state index contributed by atoms with van der Waals surface area (Å²) in [5.41, 5.74) is 0.111. The van der Waals surface area contributed by atoms with Crippen molar-refractivity contribution in [3.8, 4) is 0 Å². The van der Waals surface area contributed by atoms with Crippen molar-refractivity contribution >= 4 is 22.6 Å². The lowest BCUT2D eigenvalue weighted by Gasteiger charge is -2.37. The Morgan fingerprint density at radius 1 is 1.26 bits per heavy atom. The zero-order chi connectivity index (χ0) is 25.4. The maximum Gasteiger partial charge on any atom is 0.317 e. The number of esters is 1. The molecule has 0 spiro atoms. The van der Waals surface area contributed by atoms with E-state index in [0.717, 1.165) is 11.6 Å². The van der Waals surface area contributed by atoms with Crippen molar-refractivity contribution in [2.45, 2.75) is 64.6 Å². The fourth-order valence-corrected chi connectivity index (χ4v) is 4.40. The van der Waals surface area contributed by atoms with Crippen LogP contribution in [0, 0.1) is 15.9 Å². The van der Waals surface area contributed by atoms with Crippen LogP contribution in [-0.4, -0.2) is 34.0 Å². The first-order valence-corrected chi connectivity index (χ1v) is 11.5. The second-order valence-electron chi connectivity index (χ2n) is 9.72. The first kappa shape index (κ1) is 24.8. The van der Waals surface area contributed by atoms with E-state index < -0.39 is 33.6 Å². The molecule has 0 saturated carbocycles. The van der Waals surface area contributed by atoms with Gasteiger partial charge in [-0.15, -0.1) is 0 Å². The topological polar surface area (TPSA) is 92.8 Å². The molecule has 186 valence electrons. The van der Waals surface area contributed by atoms with Gasteiger partial charge in [-0.1, -0.05) is 30.3 Å². The first-order chi connectivity index (χ1) is 16.5. The molecule has 1 saturated heterocycles. The molecule has 1 unspecified atom stereocenters. The lowest BCUT2D eigenvalue weighted by molar-refractivity contribution is -0.387. The molecule has 1 aliphatic rings. The van der Waals surface area contributed by atoms with Crippen molar-refractivity contribution in [3.05, 3.63) is 75.7 Å². The Balaban J connectivity index is 1.73. The number of fused-ring (bicyclic) bond motifs is 1. The number of halogens is 1. The summed E-state index contributed by atoms with van der Waals surface area (Å²) in [4.78, 5) is 23.8. The summed E-state index contributed by atoms with van der Waals surface area (Å²) in [7, 11) is 0. The highest BCUT2D eigenvalue weighted by atomic mass is 19.1. The van der Waals surface area contributed by atoms with Gasteiger partial charge in [-0.25, -0.2) is 0 Å². The lowest BCUT2D eigenvalue weighted by atomic mass is 9.89. The van der Waals surface area contributed by atoms with Crippen LogP contribution in [0.1, 0.15) is 45.4 Å². The van der Waals surface area contributed by atoms with Crippen LogP contribution in [0.25, 0.3) is 10.9 Å². The molecule has 1 atom stereocenters. The lowest BCUT2D eigenvalue weighted by Crippen LogP contribution is -2.42. The average molecular weight is 485 g/mol. The Kier molecular flexibility index (Phi) is 6.66. The minimum Gasteiger partial charge on any atom is -0.460 e. The van der Waals surface area contributed by atoms with E-state index >= 15 is 0 Å². The van der Waals surface area contributed by atoms with E-state index in [9.17, 15) is 19.3 Å². The molecule has 0 amide bonds. The van der Waals surface area contributed by atoms with Gasteiger partial charge in [0.1, 0.15) is 12.0 Å². The number of nitro benzene ring substituents is 1. The molecule has 9 heteroatoms. The summed E-state index contributed by atoms with van der Waals surface area (Å²) in [5, 5.41) is 11.8. The summed E-state index contributed by atoms with van der Waals surface area (Å²) in [6, 6.07) is 13.4. The standard InChI is InChI=1S/C26H29FN2O6/c1-25(2,24(30)33-16-17-8-6-5-7-9-17)23-13-18-12-22(29(31)32)20(27)14-21(18)28(23)15-19-10-11-34-26(3,4)35-19/h5-9,12-14,19H,10-11,15-16H2,1-4H3. The monoisotopic (exact) mass is 484 g/mol. The van der Waals surface area contributed by atoms with Crippen LogP contribution in [-0.2, 0) is 37.6 Å². The van der Waals surface area contributed by atoms with Crippen molar-refractivity contribution in [1.29, 1.82) is 0 Å². The normalized spacial score (nSPS) is 17.9. The number of nitrogens with zero attached hydrogens (tertiary/aromatic N) is 2. The Morgan fingerprint density at radius 2 is 1.97 bits per heavy atom. The maximum absolute atomic E-state index is 14.6. The molecule has 3 aromatic rings. The molecule has 2 aromatic carbocycles. The first-order valence-electron chi connectivity index (χ1n) is 11.5. The number of benzene rings is 2. The SMILES string of the molecule is CC1(C)OCCC(Cn2c(C(C)(C)C(=O)OCc3ccccc3)cc3cc([N+](=O)[O-])c(F)cc32)O1. The van der Waals surface area contributed by atoms with Crippen LogP contribution in [0.3, 0.4) is 0 Å². The van der Waals surface area contributed by atoms with E-state index in [4.69, 9.17) is 14.2 Å². The molecule has 1 aromatic heterocycles. The fraction of sp³-hybridized carbons (Fsp3) is 0.423. The summed E-state index contributed by atoms with van der Waals surface area (Å²) in [6.45, 7) is 8.02. The molecule has 8 nitrogen and oxygen atoms in total. The third-order valence-electron chi connectivity index (χ3n) is 6.26. The highest BCUT2D eigenvalue weighted by Crippen LogP contribution is 2.35. The zero-order valence-corrected chi connectivity index (χ0v) is 20.2. The third-order valence-corrected chi connectivity index (χ3v) is 6.26. The highest BCUT2D eigenvalue weighted by Gasteiger charge is 2.37. The molecule has 0 N–H and O–H groups in total. The largest absolute Gasteiger partial charge is 0.460 e. The van der Waals surface area contributed by atoms with Crippen molar-refractivity contribution in [2.24, 2.45) is 0 Å². The second-order valence-corrected chi connectivity index (χ2v) is 9.72. The third kappa shape index (κ3) is 5.21. The molecule has 35 heavy (non-hydrogen) atoms. The Labute approximate surface area is 202 Å². The molecule has 0 bridgehead atoms. The van der Waals surface area contributed by atoms with Gasteiger partial charge >= 0.3 is 11.7 Å². The highest BCUT2D eigenvalue weighted by molar-refractivity contribution is 5.88. The Morgan fingerprint density at radius 3 is 2.63 bits per heavy atom. The number of carbonyl (C=O) groups is 1. The fourth-order valence-electron chi connectivity index (χ4n) is 4.40. The molecule has 1 fully saturated rings. The number of carbonyl (C=O) groups excluding carboxylic acids is 1. The number of rotatable bonds is 7. The van der Waals surface area contributed by atoms with E-state index in [1.54, 1.807) is 24.5 Å². The number of aromatic nitrogens is 1. The number of nitro groups is 1. The van der Waals surface area contributed by atoms with E-state index in [1.807, 2.05) is 44.2 Å². The van der Waals surface area contributed by atoms with Gasteiger partial charge in [-0.3, -0.25) is 14.9 Å². The van der Waals surface area contributed by atoms with Gasteiger partial charge in [0.05, 0.1) is 23.2 Å². The van der Waals surface area contributed by atoms with E-state index in [1.165, 1.54) is 6.07 Å². The van der Waals surface area contributed by atoms with Gasteiger partial charge in [-0.2, -0.15) is 4.39 Å². The molecule has 0 radical (unpaired) electrons. The predicted octanol–water partition coefficient (Wildman–Crippen LogP) is 5.25. The zero-order valence-electron chi connectivity index (χ0n) is 20.2.